The van der Waals surface area contributed by atoms with Crippen molar-refractivity contribution in [2.75, 3.05) is 0 Å². The average Bonchev–Trinajstić information content (AvgIpc) is 2.97. The zero-order chi connectivity index (χ0) is 19.5. The summed E-state index contributed by atoms with van der Waals surface area (Å²) in [6.45, 7) is 4.84. The molecule has 1 fully saturated rings. The fourth-order valence-electron chi connectivity index (χ4n) is 4.45. The summed E-state index contributed by atoms with van der Waals surface area (Å²) in [5.74, 6) is 0.672. The molecule has 0 N–H and O–H groups in total. The molecule has 2 unspecified atom stereocenters. The third-order valence-corrected chi connectivity index (χ3v) is 5.78. The van der Waals surface area contributed by atoms with E-state index in [9.17, 15) is 4.79 Å². The van der Waals surface area contributed by atoms with Gasteiger partial charge in [0.2, 0.25) is 0 Å². The Balaban J connectivity index is 1.42. The number of fused-ring (bicyclic) bond motifs is 2. The Labute approximate surface area is 168 Å². The van der Waals surface area contributed by atoms with Gasteiger partial charge in [0, 0.05) is 6.04 Å². The van der Waals surface area contributed by atoms with E-state index in [4.69, 9.17) is 4.74 Å². The lowest BCUT2D eigenvalue weighted by atomic mass is 9.93. The van der Waals surface area contributed by atoms with E-state index < -0.39 is 0 Å². The molecule has 2 heterocycles. The summed E-state index contributed by atoms with van der Waals surface area (Å²) in [4.78, 5) is 14.7. The Morgan fingerprint density at radius 1 is 1.04 bits per heavy atom. The van der Waals surface area contributed by atoms with Crippen LogP contribution in [0, 0.1) is 5.92 Å². The van der Waals surface area contributed by atoms with Gasteiger partial charge in [-0.05, 0) is 53.9 Å². The van der Waals surface area contributed by atoms with Gasteiger partial charge in [0.25, 0.3) is 0 Å². The maximum Gasteiger partial charge on any atom is 0.410 e. The van der Waals surface area contributed by atoms with Crippen molar-refractivity contribution >= 4 is 11.7 Å². The first-order valence-corrected chi connectivity index (χ1v) is 10.4. The number of amides is 1. The largest absolute Gasteiger partial charge is 0.445 e. The smallest absolute Gasteiger partial charge is 0.410 e. The Morgan fingerprint density at radius 2 is 1.79 bits per heavy atom. The number of hydrogen-bond donors (Lipinski definition) is 0. The Kier molecular flexibility index (Phi) is 5.52. The molecule has 28 heavy (non-hydrogen) atoms. The van der Waals surface area contributed by atoms with Crippen molar-refractivity contribution in [1.29, 1.82) is 0 Å². The first kappa shape index (κ1) is 18.8. The molecular formula is C25H29NO2. The van der Waals surface area contributed by atoms with Crippen molar-refractivity contribution in [3.63, 3.8) is 0 Å². The maximum atomic E-state index is 12.7. The molecule has 2 bridgehead atoms. The molecule has 0 saturated carbocycles. The van der Waals surface area contributed by atoms with Gasteiger partial charge in [0.1, 0.15) is 6.61 Å². The molecule has 2 atom stereocenters. The van der Waals surface area contributed by atoms with Crippen molar-refractivity contribution in [2.45, 2.75) is 58.2 Å². The SMILES string of the molecule is CC(C)Cc1ccc(C2=CC3CCC(C2)N3C(=O)OCc2ccccc2)cc1. The molecule has 1 saturated heterocycles. The number of rotatable bonds is 5. The highest BCUT2D eigenvalue weighted by Crippen LogP contribution is 2.39. The minimum Gasteiger partial charge on any atom is -0.445 e. The fraction of sp³-hybridized carbons (Fsp3) is 0.400. The molecule has 2 aliphatic heterocycles. The van der Waals surface area contributed by atoms with Gasteiger partial charge in [-0.1, -0.05) is 74.5 Å². The first-order chi connectivity index (χ1) is 13.6. The third-order valence-electron chi connectivity index (χ3n) is 5.78. The lowest BCUT2D eigenvalue weighted by Crippen LogP contribution is -2.43. The maximum absolute atomic E-state index is 12.7. The Morgan fingerprint density at radius 3 is 2.46 bits per heavy atom. The molecule has 0 spiro atoms. The second-order valence-corrected chi connectivity index (χ2v) is 8.44. The molecular weight excluding hydrogens is 346 g/mol. The second kappa shape index (κ2) is 8.22. The highest BCUT2D eigenvalue weighted by molar-refractivity contribution is 5.75. The van der Waals surface area contributed by atoms with E-state index in [0.717, 1.165) is 31.2 Å². The van der Waals surface area contributed by atoms with Crippen LogP contribution in [0.15, 0.2) is 60.7 Å². The summed E-state index contributed by atoms with van der Waals surface area (Å²) in [7, 11) is 0. The molecule has 0 aliphatic carbocycles. The number of carbonyl (C=O) groups is 1. The highest BCUT2D eigenvalue weighted by Gasteiger charge is 2.40. The molecule has 0 radical (unpaired) electrons. The van der Waals surface area contributed by atoms with Crippen LogP contribution < -0.4 is 0 Å². The molecule has 0 aromatic heterocycles. The van der Waals surface area contributed by atoms with Crippen LogP contribution in [0.5, 0.6) is 0 Å². The summed E-state index contributed by atoms with van der Waals surface area (Å²) >= 11 is 0. The molecule has 2 aromatic carbocycles. The molecule has 2 aliphatic rings. The summed E-state index contributed by atoms with van der Waals surface area (Å²) in [5, 5.41) is 0. The lowest BCUT2D eigenvalue weighted by Gasteiger charge is -2.33. The minimum absolute atomic E-state index is 0.160. The summed E-state index contributed by atoms with van der Waals surface area (Å²) in [6, 6.07) is 19.3. The quantitative estimate of drug-likeness (QED) is 0.657. The van der Waals surface area contributed by atoms with E-state index in [2.05, 4.69) is 44.2 Å². The van der Waals surface area contributed by atoms with Crippen molar-refractivity contribution in [3.8, 4) is 0 Å². The van der Waals surface area contributed by atoms with Gasteiger partial charge in [-0.2, -0.15) is 0 Å². The third kappa shape index (κ3) is 4.14. The van der Waals surface area contributed by atoms with Crippen molar-refractivity contribution in [1.82, 2.24) is 4.90 Å². The van der Waals surface area contributed by atoms with Crippen LogP contribution in [0.3, 0.4) is 0 Å². The lowest BCUT2D eigenvalue weighted by molar-refractivity contribution is 0.0832. The molecule has 3 heteroatoms. The predicted molar refractivity (Wildman–Crippen MR) is 113 cm³/mol. The van der Waals surface area contributed by atoms with Crippen molar-refractivity contribution in [2.24, 2.45) is 5.92 Å². The van der Waals surface area contributed by atoms with Crippen molar-refractivity contribution < 1.29 is 9.53 Å². The number of nitrogens with zero attached hydrogens (tertiary/aromatic N) is 1. The van der Waals surface area contributed by atoms with Crippen LogP contribution in [0.2, 0.25) is 0 Å². The van der Waals surface area contributed by atoms with Crippen LogP contribution in [0.4, 0.5) is 4.79 Å². The zero-order valence-corrected chi connectivity index (χ0v) is 16.8. The van der Waals surface area contributed by atoms with E-state index in [-0.39, 0.29) is 18.2 Å². The normalized spacial score (nSPS) is 21.0. The monoisotopic (exact) mass is 375 g/mol. The van der Waals surface area contributed by atoms with Gasteiger partial charge in [-0.25, -0.2) is 4.79 Å². The van der Waals surface area contributed by atoms with Crippen LogP contribution in [-0.4, -0.2) is 23.1 Å². The molecule has 1 amide bonds. The van der Waals surface area contributed by atoms with E-state index in [1.165, 1.54) is 16.7 Å². The van der Waals surface area contributed by atoms with Crippen molar-refractivity contribution in [3.05, 3.63) is 77.4 Å². The van der Waals surface area contributed by atoms with Gasteiger partial charge in [-0.3, -0.25) is 4.90 Å². The highest BCUT2D eigenvalue weighted by atomic mass is 16.6. The Bertz CT molecular complexity index is 839. The van der Waals surface area contributed by atoms with Gasteiger partial charge >= 0.3 is 6.09 Å². The van der Waals surface area contributed by atoms with E-state index in [1.807, 2.05) is 35.2 Å². The molecule has 3 nitrogen and oxygen atoms in total. The topological polar surface area (TPSA) is 29.5 Å². The Hall–Kier alpha value is -2.55. The zero-order valence-electron chi connectivity index (χ0n) is 16.8. The summed E-state index contributed by atoms with van der Waals surface area (Å²) < 4.78 is 5.60. The van der Waals surface area contributed by atoms with Gasteiger partial charge in [0.15, 0.2) is 0 Å². The predicted octanol–water partition coefficient (Wildman–Crippen LogP) is 5.84. The average molecular weight is 376 g/mol. The standard InChI is InChI=1S/C25H29NO2/c1-18(2)14-19-8-10-21(11-9-19)22-15-23-12-13-24(16-22)26(23)25(27)28-17-20-6-4-3-5-7-20/h3-11,15,18,23-24H,12-14,16-17H2,1-2H3. The van der Waals surface area contributed by atoms with Gasteiger partial charge < -0.3 is 4.74 Å². The molecule has 4 rings (SSSR count). The number of hydrogen-bond acceptors (Lipinski definition) is 2. The molecule has 146 valence electrons. The van der Waals surface area contributed by atoms with Gasteiger partial charge in [-0.15, -0.1) is 0 Å². The van der Waals surface area contributed by atoms with E-state index >= 15 is 0 Å². The summed E-state index contributed by atoms with van der Waals surface area (Å²) in [5.41, 5.74) is 5.08. The number of carbonyl (C=O) groups excluding carboxylic acids is 1. The van der Waals surface area contributed by atoms with Crippen LogP contribution in [0.25, 0.3) is 5.57 Å². The van der Waals surface area contributed by atoms with Crippen LogP contribution >= 0.6 is 0 Å². The molecule has 2 aromatic rings. The first-order valence-electron chi connectivity index (χ1n) is 10.4. The van der Waals surface area contributed by atoms with Crippen LogP contribution in [-0.2, 0) is 17.8 Å². The van der Waals surface area contributed by atoms with E-state index in [1.54, 1.807) is 0 Å². The minimum atomic E-state index is -0.182. The second-order valence-electron chi connectivity index (χ2n) is 8.44. The number of benzene rings is 2. The van der Waals surface area contributed by atoms with E-state index in [0.29, 0.717) is 12.5 Å². The van der Waals surface area contributed by atoms with Crippen LogP contribution in [0.1, 0.15) is 49.8 Å². The fourth-order valence-corrected chi connectivity index (χ4v) is 4.45. The number of ether oxygens (including phenoxy) is 1. The summed E-state index contributed by atoms with van der Waals surface area (Å²) in [6.07, 6.45) is 6.21. The van der Waals surface area contributed by atoms with Gasteiger partial charge in [0.05, 0.1) is 6.04 Å².